The molecule has 1 fully saturated rings. The minimum absolute atomic E-state index is 0.0339. The third kappa shape index (κ3) is 4.35. The highest BCUT2D eigenvalue weighted by Crippen LogP contribution is 2.15. The molecule has 0 aromatic heterocycles. The van der Waals surface area contributed by atoms with Gasteiger partial charge in [0, 0.05) is 43.3 Å². The van der Waals surface area contributed by atoms with Gasteiger partial charge in [-0.3, -0.25) is 9.59 Å². The van der Waals surface area contributed by atoms with Crippen LogP contribution in [0.15, 0.2) is 24.3 Å². The first-order valence-corrected chi connectivity index (χ1v) is 8.96. The lowest BCUT2D eigenvalue weighted by atomic mass is 10.0. The molecule has 2 amide bonds. The monoisotopic (exact) mass is 331 g/mol. The second-order valence-corrected chi connectivity index (χ2v) is 6.34. The minimum Gasteiger partial charge on any atom is -0.339 e. The number of nitrogens with one attached hydrogen (secondary N) is 1. The van der Waals surface area contributed by atoms with Crippen molar-refractivity contribution in [2.75, 3.05) is 33.2 Å². The number of likely N-dealkylation sites (N-methyl/N-ethyl adjacent to an activating group) is 1. The third-order valence-corrected chi connectivity index (χ3v) is 4.66. The first-order valence-electron chi connectivity index (χ1n) is 8.96. The Bertz CT molecular complexity index is 556. The van der Waals surface area contributed by atoms with Gasteiger partial charge in [-0.1, -0.05) is 6.92 Å². The summed E-state index contributed by atoms with van der Waals surface area (Å²) in [7, 11) is 1.94. The number of hydrogen-bond acceptors (Lipinski definition) is 3. The van der Waals surface area contributed by atoms with Gasteiger partial charge in [-0.2, -0.15) is 0 Å². The SMILES string of the molecule is CCCN(CC)C(=O)c1ccc(C(=O)N2CCCC(NC)C2)cc1. The Kier molecular flexibility index (Phi) is 6.79. The lowest BCUT2D eigenvalue weighted by Crippen LogP contribution is -2.46. The van der Waals surface area contributed by atoms with E-state index in [0.717, 1.165) is 38.9 Å². The van der Waals surface area contributed by atoms with Gasteiger partial charge in [0.05, 0.1) is 0 Å². The Morgan fingerprint density at radius 1 is 1.21 bits per heavy atom. The summed E-state index contributed by atoms with van der Waals surface area (Å²) in [5.41, 5.74) is 1.30. The van der Waals surface area contributed by atoms with Crippen molar-refractivity contribution in [2.45, 2.75) is 39.2 Å². The fourth-order valence-corrected chi connectivity index (χ4v) is 3.19. The number of carbonyl (C=O) groups excluding carboxylic acids is 2. The summed E-state index contributed by atoms with van der Waals surface area (Å²) in [5, 5.41) is 3.25. The van der Waals surface area contributed by atoms with Crippen molar-refractivity contribution >= 4 is 11.8 Å². The van der Waals surface area contributed by atoms with E-state index in [9.17, 15) is 9.59 Å². The topological polar surface area (TPSA) is 52.7 Å². The highest BCUT2D eigenvalue weighted by molar-refractivity contribution is 5.97. The summed E-state index contributed by atoms with van der Waals surface area (Å²) < 4.78 is 0. The van der Waals surface area contributed by atoms with Gasteiger partial charge >= 0.3 is 0 Å². The highest BCUT2D eigenvalue weighted by atomic mass is 16.2. The molecule has 0 saturated carbocycles. The maximum atomic E-state index is 12.6. The van der Waals surface area contributed by atoms with Gasteiger partial charge in [0.2, 0.25) is 0 Å². The zero-order valence-corrected chi connectivity index (χ0v) is 15.0. The lowest BCUT2D eigenvalue weighted by molar-refractivity contribution is 0.0696. The second-order valence-electron chi connectivity index (χ2n) is 6.34. The highest BCUT2D eigenvalue weighted by Gasteiger charge is 2.23. The predicted molar refractivity (Wildman–Crippen MR) is 96.3 cm³/mol. The second kappa shape index (κ2) is 8.83. The molecule has 0 bridgehead atoms. The maximum absolute atomic E-state index is 12.6. The summed E-state index contributed by atoms with van der Waals surface area (Å²) in [5.74, 6) is 0.0847. The zero-order chi connectivity index (χ0) is 17.5. The number of rotatable bonds is 6. The molecule has 5 nitrogen and oxygen atoms in total. The minimum atomic E-state index is 0.0339. The smallest absolute Gasteiger partial charge is 0.253 e. The number of hydrogen-bond donors (Lipinski definition) is 1. The van der Waals surface area contributed by atoms with Crippen molar-refractivity contribution in [1.29, 1.82) is 0 Å². The van der Waals surface area contributed by atoms with Gasteiger partial charge in [0.15, 0.2) is 0 Å². The standard InChI is InChI=1S/C19H29N3O2/c1-4-12-21(5-2)18(23)15-8-10-16(11-9-15)19(24)22-13-6-7-17(14-22)20-3/h8-11,17,20H,4-7,12-14H2,1-3H3. The van der Waals surface area contributed by atoms with Crippen LogP contribution in [0.1, 0.15) is 53.8 Å². The molecule has 1 unspecified atom stereocenters. The summed E-state index contributed by atoms with van der Waals surface area (Å²) in [6, 6.07) is 7.47. The van der Waals surface area contributed by atoms with Crippen LogP contribution in [0.3, 0.4) is 0 Å². The van der Waals surface area contributed by atoms with E-state index in [1.54, 1.807) is 24.3 Å². The molecule has 0 spiro atoms. The number of amides is 2. The average molecular weight is 331 g/mol. The summed E-state index contributed by atoms with van der Waals surface area (Å²) in [6.45, 7) is 7.06. The van der Waals surface area contributed by atoms with Gasteiger partial charge in [0.1, 0.15) is 0 Å². The number of piperidine rings is 1. The predicted octanol–water partition coefficient (Wildman–Crippen LogP) is 2.38. The molecule has 1 heterocycles. The molecule has 1 aromatic rings. The Balaban J connectivity index is 2.05. The van der Waals surface area contributed by atoms with Crippen molar-refractivity contribution < 1.29 is 9.59 Å². The molecule has 0 aliphatic carbocycles. The van der Waals surface area contributed by atoms with E-state index >= 15 is 0 Å². The quantitative estimate of drug-likeness (QED) is 0.871. The van der Waals surface area contributed by atoms with Crippen molar-refractivity contribution in [1.82, 2.24) is 15.1 Å². The molecule has 1 atom stereocenters. The molecular formula is C19H29N3O2. The summed E-state index contributed by atoms with van der Waals surface area (Å²) in [6.07, 6.45) is 3.08. The Labute approximate surface area is 145 Å². The van der Waals surface area contributed by atoms with E-state index in [0.29, 0.717) is 23.7 Å². The molecule has 0 radical (unpaired) electrons. The average Bonchev–Trinajstić information content (AvgIpc) is 2.65. The number of benzene rings is 1. The summed E-state index contributed by atoms with van der Waals surface area (Å²) >= 11 is 0. The zero-order valence-electron chi connectivity index (χ0n) is 15.0. The van der Waals surface area contributed by atoms with Crippen molar-refractivity contribution in [3.05, 3.63) is 35.4 Å². The Morgan fingerprint density at radius 3 is 2.46 bits per heavy atom. The largest absolute Gasteiger partial charge is 0.339 e. The van der Waals surface area contributed by atoms with Gasteiger partial charge in [0.25, 0.3) is 11.8 Å². The molecule has 24 heavy (non-hydrogen) atoms. The molecular weight excluding hydrogens is 302 g/mol. The molecule has 5 heteroatoms. The van der Waals surface area contributed by atoms with E-state index in [-0.39, 0.29) is 11.8 Å². The van der Waals surface area contributed by atoms with Crippen LogP contribution in [0.4, 0.5) is 0 Å². The van der Waals surface area contributed by atoms with Crippen LogP contribution in [0.2, 0.25) is 0 Å². The fraction of sp³-hybridized carbons (Fsp3) is 0.579. The lowest BCUT2D eigenvalue weighted by Gasteiger charge is -2.32. The van der Waals surface area contributed by atoms with Crippen LogP contribution in [-0.4, -0.2) is 60.9 Å². The van der Waals surface area contributed by atoms with E-state index in [2.05, 4.69) is 12.2 Å². The van der Waals surface area contributed by atoms with Gasteiger partial charge in [-0.25, -0.2) is 0 Å². The van der Waals surface area contributed by atoms with Crippen LogP contribution in [0.5, 0.6) is 0 Å². The van der Waals surface area contributed by atoms with Crippen molar-refractivity contribution in [3.63, 3.8) is 0 Å². The van der Waals surface area contributed by atoms with Crippen LogP contribution in [0.25, 0.3) is 0 Å². The van der Waals surface area contributed by atoms with Crippen LogP contribution >= 0.6 is 0 Å². The molecule has 1 aromatic carbocycles. The van der Waals surface area contributed by atoms with E-state index in [1.807, 2.05) is 23.8 Å². The van der Waals surface area contributed by atoms with Crippen molar-refractivity contribution in [3.8, 4) is 0 Å². The maximum Gasteiger partial charge on any atom is 0.253 e. The van der Waals surface area contributed by atoms with Crippen molar-refractivity contribution in [2.24, 2.45) is 0 Å². The van der Waals surface area contributed by atoms with E-state index < -0.39 is 0 Å². The third-order valence-electron chi connectivity index (χ3n) is 4.66. The molecule has 1 aliphatic rings. The van der Waals surface area contributed by atoms with Crippen LogP contribution < -0.4 is 5.32 Å². The van der Waals surface area contributed by atoms with E-state index in [4.69, 9.17) is 0 Å². The van der Waals surface area contributed by atoms with Gasteiger partial charge in [-0.15, -0.1) is 0 Å². The first kappa shape index (κ1) is 18.5. The molecule has 132 valence electrons. The van der Waals surface area contributed by atoms with Gasteiger partial charge in [-0.05, 0) is 57.5 Å². The number of nitrogens with zero attached hydrogens (tertiary/aromatic N) is 2. The number of likely N-dealkylation sites (tertiary alicyclic amines) is 1. The summed E-state index contributed by atoms with van der Waals surface area (Å²) in [4.78, 5) is 28.8. The number of carbonyl (C=O) groups is 2. The molecule has 1 aliphatic heterocycles. The van der Waals surface area contributed by atoms with Crippen LogP contribution in [0, 0.1) is 0 Å². The fourth-order valence-electron chi connectivity index (χ4n) is 3.19. The normalized spacial score (nSPS) is 17.6. The van der Waals surface area contributed by atoms with Gasteiger partial charge < -0.3 is 15.1 Å². The first-order chi connectivity index (χ1) is 11.6. The Morgan fingerprint density at radius 2 is 1.88 bits per heavy atom. The molecule has 1 saturated heterocycles. The molecule has 1 N–H and O–H groups in total. The molecule has 2 rings (SSSR count). The van der Waals surface area contributed by atoms with Crippen LogP contribution in [-0.2, 0) is 0 Å². The Hall–Kier alpha value is -1.88. The van der Waals surface area contributed by atoms with E-state index in [1.165, 1.54) is 0 Å².